The lowest BCUT2D eigenvalue weighted by molar-refractivity contribution is -0.136. The van der Waals surface area contributed by atoms with Gasteiger partial charge in [-0.05, 0) is 30.5 Å². The molecule has 0 bridgehead atoms. The maximum atomic E-state index is 11.8. The van der Waals surface area contributed by atoms with Gasteiger partial charge in [-0.3, -0.25) is 9.59 Å². The lowest BCUT2D eigenvalue weighted by Crippen LogP contribution is -2.44. The first-order chi connectivity index (χ1) is 9.85. The quantitative estimate of drug-likeness (QED) is 0.724. The summed E-state index contributed by atoms with van der Waals surface area (Å²) >= 11 is 11.6. The molecule has 1 rings (SSSR count). The van der Waals surface area contributed by atoms with Gasteiger partial charge >= 0.3 is 11.8 Å². The molecule has 2 amide bonds. The SMILES string of the molecule is CC(C)C(CCO)NC(=O)C(=O)Nc1ccc(Cl)c(Cl)c1. The molecule has 7 heteroatoms. The largest absolute Gasteiger partial charge is 0.396 e. The van der Waals surface area contributed by atoms with Gasteiger partial charge in [0.15, 0.2) is 0 Å². The van der Waals surface area contributed by atoms with Crippen molar-refractivity contribution in [3.63, 3.8) is 0 Å². The molecule has 0 aliphatic rings. The molecule has 0 saturated heterocycles. The summed E-state index contributed by atoms with van der Waals surface area (Å²) in [4.78, 5) is 23.6. The minimum absolute atomic E-state index is 0.0580. The number of rotatable bonds is 5. The number of hydrogen-bond acceptors (Lipinski definition) is 3. The third-order valence-electron chi connectivity index (χ3n) is 2.95. The molecular weight excluding hydrogens is 315 g/mol. The Morgan fingerprint density at radius 1 is 1.19 bits per heavy atom. The Labute approximate surface area is 133 Å². The first kappa shape index (κ1) is 17.8. The van der Waals surface area contributed by atoms with E-state index < -0.39 is 11.8 Å². The highest BCUT2D eigenvalue weighted by Crippen LogP contribution is 2.24. The van der Waals surface area contributed by atoms with Crippen LogP contribution in [0.5, 0.6) is 0 Å². The number of aliphatic hydroxyl groups excluding tert-OH is 1. The smallest absolute Gasteiger partial charge is 0.313 e. The van der Waals surface area contributed by atoms with Crippen molar-refractivity contribution in [2.24, 2.45) is 5.92 Å². The molecule has 21 heavy (non-hydrogen) atoms. The van der Waals surface area contributed by atoms with Crippen LogP contribution in [0.15, 0.2) is 18.2 Å². The van der Waals surface area contributed by atoms with Crippen LogP contribution in [-0.2, 0) is 9.59 Å². The highest BCUT2D eigenvalue weighted by Gasteiger charge is 2.20. The fraction of sp³-hybridized carbons (Fsp3) is 0.429. The number of carbonyl (C=O) groups excluding carboxylic acids is 2. The predicted octanol–water partition coefficient (Wildman–Crippen LogP) is 2.46. The Morgan fingerprint density at radius 2 is 1.86 bits per heavy atom. The van der Waals surface area contributed by atoms with Crippen LogP contribution >= 0.6 is 23.2 Å². The van der Waals surface area contributed by atoms with Gasteiger partial charge in [-0.2, -0.15) is 0 Å². The zero-order chi connectivity index (χ0) is 16.0. The van der Waals surface area contributed by atoms with Crippen LogP contribution in [-0.4, -0.2) is 29.6 Å². The molecule has 5 nitrogen and oxygen atoms in total. The minimum Gasteiger partial charge on any atom is -0.396 e. The topological polar surface area (TPSA) is 78.4 Å². The fourth-order valence-electron chi connectivity index (χ4n) is 1.71. The van der Waals surface area contributed by atoms with E-state index in [-0.39, 0.29) is 23.6 Å². The second kappa shape index (κ2) is 8.22. The summed E-state index contributed by atoms with van der Waals surface area (Å²) in [6, 6.07) is 4.28. The molecule has 1 aromatic carbocycles. The van der Waals surface area contributed by atoms with Gasteiger partial charge < -0.3 is 15.7 Å². The van der Waals surface area contributed by atoms with Crippen molar-refractivity contribution in [2.75, 3.05) is 11.9 Å². The predicted molar refractivity (Wildman–Crippen MR) is 83.6 cm³/mol. The van der Waals surface area contributed by atoms with Crippen LogP contribution in [0.4, 0.5) is 5.69 Å². The van der Waals surface area contributed by atoms with Crippen LogP contribution in [0.1, 0.15) is 20.3 Å². The number of amides is 2. The first-order valence-corrected chi connectivity index (χ1v) is 7.28. The Balaban J connectivity index is 2.65. The Morgan fingerprint density at radius 3 is 2.38 bits per heavy atom. The van der Waals surface area contributed by atoms with E-state index in [4.69, 9.17) is 28.3 Å². The molecule has 0 aliphatic carbocycles. The molecule has 3 N–H and O–H groups in total. The van der Waals surface area contributed by atoms with E-state index in [1.165, 1.54) is 12.1 Å². The van der Waals surface area contributed by atoms with Crippen LogP contribution < -0.4 is 10.6 Å². The number of nitrogens with one attached hydrogen (secondary N) is 2. The average Bonchev–Trinajstić information content (AvgIpc) is 2.42. The van der Waals surface area contributed by atoms with Crippen molar-refractivity contribution >= 4 is 40.7 Å². The van der Waals surface area contributed by atoms with Crippen molar-refractivity contribution in [1.82, 2.24) is 5.32 Å². The lowest BCUT2D eigenvalue weighted by Gasteiger charge is -2.21. The van der Waals surface area contributed by atoms with Gasteiger partial charge in [0, 0.05) is 18.3 Å². The Bertz CT molecular complexity index is 521. The van der Waals surface area contributed by atoms with Crippen LogP contribution in [0.2, 0.25) is 10.0 Å². The van der Waals surface area contributed by atoms with E-state index >= 15 is 0 Å². The summed E-state index contributed by atoms with van der Waals surface area (Å²) in [6.45, 7) is 3.74. The lowest BCUT2D eigenvalue weighted by atomic mass is 10.0. The normalized spacial score (nSPS) is 12.1. The maximum Gasteiger partial charge on any atom is 0.313 e. The van der Waals surface area contributed by atoms with E-state index in [0.29, 0.717) is 17.1 Å². The molecule has 0 fully saturated rings. The summed E-state index contributed by atoms with van der Waals surface area (Å²) in [5.41, 5.74) is 0.382. The summed E-state index contributed by atoms with van der Waals surface area (Å²) in [5.74, 6) is -1.44. The Hall–Kier alpha value is -1.30. The second-order valence-corrected chi connectivity index (χ2v) is 5.73. The highest BCUT2D eigenvalue weighted by molar-refractivity contribution is 6.43. The zero-order valence-electron chi connectivity index (χ0n) is 11.8. The van der Waals surface area contributed by atoms with Gasteiger partial charge in [-0.25, -0.2) is 0 Å². The molecule has 0 aromatic heterocycles. The molecular formula is C14H18Cl2N2O3. The zero-order valence-corrected chi connectivity index (χ0v) is 13.3. The third-order valence-corrected chi connectivity index (χ3v) is 3.68. The third kappa shape index (κ3) is 5.53. The first-order valence-electron chi connectivity index (χ1n) is 6.53. The molecule has 0 saturated carbocycles. The van der Waals surface area contributed by atoms with E-state index in [9.17, 15) is 9.59 Å². The number of halogens is 2. The average molecular weight is 333 g/mol. The second-order valence-electron chi connectivity index (χ2n) is 4.92. The van der Waals surface area contributed by atoms with Crippen LogP contribution in [0.3, 0.4) is 0 Å². The monoisotopic (exact) mass is 332 g/mol. The van der Waals surface area contributed by atoms with Gasteiger partial charge in [0.2, 0.25) is 0 Å². The maximum absolute atomic E-state index is 11.8. The number of benzene rings is 1. The van der Waals surface area contributed by atoms with Gasteiger partial charge in [-0.1, -0.05) is 37.0 Å². The minimum atomic E-state index is -0.794. The standard InChI is InChI=1S/C14H18Cl2N2O3/c1-8(2)12(5-6-19)18-14(21)13(20)17-9-3-4-10(15)11(16)7-9/h3-4,7-8,12,19H,5-6H2,1-2H3,(H,17,20)(H,18,21). The summed E-state index contributed by atoms with van der Waals surface area (Å²) in [6.07, 6.45) is 0.392. The summed E-state index contributed by atoms with van der Waals surface area (Å²) in [5, 5.41) is 14.6. The molecule has 1 unspecified atom stereocenters. The Kier molecular flexibility index (Phi) is 6.95. The summed E-state index contributed by atoms with van der Waals surface area (Å²) < 4.78 is 0. The van der Waals surface area contributed by atoms with Gasteiger partial charge in [0.05, 0.1) is 10.0 Å². The number of aliphatic hydroxyl groups is 1. The van der Waals surface area contributed by atoms with Crippen molar-refractivity contribution in [3.05, 3.63) is 28.2 Å². The van der Waals surface area contributed by atoms with Crippen molar-refractivity contribution in [1.29, 1.82) is 0 Å². The molecule has 0 spiro atoms. The molecule has 1 aromatic rings. The molecule has 0 radical (unpaired) electrons. The van der Waals surface area contributed by atoms with Crippen LogP contribution in [0, 0.1) is 5.92 Å². The molecule has 0 aliphatic heterocycles. The molecule has 116 valence electrons. The number of anilines is 1. The van der Waals surface area contributed by atoms with E-state index in [0.717, 1.165) is 0 Å². The van der Waals surface area contributed by atoms with Crippen molar-refractivity contribution in [3.8, 4) is 0 Å². The van der Waals surface area contributed by atoms with Gasteiger partial charge in [0.1, 0.15) is 0 Å². The van der Waals surface area contributed by atoms with Gasteiger partial charge in [0.25, 0.3) is 0 Å². The number of hydrogen-bond donors (Lipinski definition) is 3. The number of carbonyl (C=O) groups is 2. The van der Waals surface area contributed by atoms with E-state index in [2.05, 4.69) is 10.6 Å². The van der Waals surface area contributed by atoms with Crippen molar-refractivity contribution < 1.29 is 14.7 Å². The highest BCUT2D eigenvalue weighted by atomic mass is 35.5. The fourth-order valence-corrected chi connectivity index (χ4v) is 2.01. The van der Waals surface area contributed by atoms with Crippen LogP contribution in [0.25, 0.3) is 0 Å². The van der Waals surface area contributed by atoms with Gasteiger partial charge in [-0.15, -0.1) is 0 Å². The molecule has 1 atom stereocenters. The molecule has 0 heterocycles. The van der Waals surface area contributed by atoms with Crippen molar-refractivity contribution in [2.45, 2.75) is 26.3 Å². The van der Waals surface area contributed by atoms with E-state index in [1.807, 2.05) is 13.8 Å². The van der Waals surface area contributed by atoms with E-state index in [1.54, 1.807) is 6.07 Å². The summed E-state index contributed by atoms with van der Waals surface area (Å²) in [7, 11) is 0.